The molecule has 158 valence electrons. The second-order valence-electron chi connectivity index (χ2n) is 8.19. The largest absolute Gasteiger partial charge is 0.355 e. The standard InChI is InChI=1S/C19H38N4O3S/c1-7-15(8-2)17(24)23-12-9-16(10-13-23)22-18(20-6)21-11-14-27(25,26)19(3,4)5/h15-16H,7-14H2,1-6H3,(H2,20,21,22). The summed E-state index contributed by atoms with van der Waals surface area (Å²) in [6, 6.07) is 0.237. The molecule has 1 heterocycles. The molecule has 0 bridgehead atoms. The van der Waals surface area contributed by atoms with Crippen LogP contribution in [0.5, 0.6) is 0 Å². The number of nitrogens with one attached hydrogen (secondary N) is 2. The van der Waals surface area contributed by atoms with E-state index in [-0.39, 0.29) is 23.6 Å². The molecule has 1 fully saturated rings. The van der Waals surface area contributed by atoms with Gasteiger partial charge in [-0.15, -0.1) is 0 Å². The fourth-order valence-electron chi connectivity index (χ4n) is 3.14. The Balaban J connectivity index is 2.45. The molecule has 1 aliphatic rings. The third-order valence-electron chi connectivity index (χ3n) is 5.30. The van der Waals surface area contributed by atoms with Crippen molar-refractivity contribution in [2.24, 2.45) is 10.9 Å². The second kappa shape index (κ2) is 10.3. The summed E-state index contributed by atoms with van der Waals surface area (Å²) in [5.74, 6) is 1.09. The molecule has 0 aliphatic carbocycles. The van der Waals surface area contributed by atoms with Gasteiger partial charge in [-0.25, -0.2) is 8.42 Å². The van der Waals surface area contributed by atoms with Gasteiger partial charge in [0.15, 0.2) is 15.8 Å². The Bertz CT molecular complexity index is 599. The van der Waals surface area contributed by atoms with E-state index in [2.05, 4.69) is 29.5 Å². The van der Waals surface area contributed by atoms with Crippen molar-refractivity contribution in [3.05, 3.63) is 0 Å². The van der Waals surface area contributed by atoms with Gasteiger partial charge < -0.3 is 15.5 Å². The monoisotopic (exact) mass is 402 g/mol. The molecule has 0 aromatic carbocycles. The molecular formula is C19H38N4O3S. The van der Waals surface area contributed by atoms with E-state index in [1.54, 1.807) is 27.8 Å². The van der Waals surface area contributed by atoms with Gasteiger partial charge in [0.05, 0.1) is 10.5 Å². The Morgan fingerprint density at radius 2 is 1.74 bits per heavy atom. The summed E-state index contributed by atoms with van der Waals surface area (Å²) in [4.78, 5) is 18.6. The summed E-state index contributed by atoms with van der Waals surface area (Å²) in [6.07, 6.45) is 3.52. The molecule has 0 unspecified atom stereocenters. The average molecular weight is 403 g/mol. The Labute approximate surface area is 165 Å². The molecule has 2 N–H and O–H groups in total. The van der Waals surface area contributed by atoms with Crippen LogP contribution in [0.25, 0.3) is 0 Å². The van der Waals surface area contributed by atoms with E-state index in [0.717, 1.165) is 38.8 Å². The maximum atomic E-state index is 12.5. The number of guanidine groups is 1. The summed E-state index contributed by atoms with van der Waals surface area (Å²) < 4.78 is 23.6. The number of hydrogen-bond acceptors (Lipinski definition) is 4. The Morgan fingerprint density at radius 1 is 1.19 bits per heavy atom. The SMILES string of the molecule is CCC(CC)C(=O)N1CCC(NC(=NC)NCCS(=O)(=O)C(C)(C)C)CC1. The first-order valence-corrected chi connectivity index (χ1v) is 11.7. The molecular weight excluding hydrogens is 364 g/mol. The second-order valence-corrected chi connectivity index (χ2v) is 11.1. The lowest BCUT2D eigenvalue weighted by Gasteiger charge is -2.34. The van der Waals surface area contributed by atoms with Crippen LogP contribution in [0.3, 0.4) is 0 Å². The van der Waals surface area contributed by atoms with Crippen molar-refractivity contribution < 1.29 is 13.2 Å². The molecule has 8 heteroatoms. The molecule has 0 spiro atoms. The number of carbonyl (C=O) groups is 1. The minimum Gasteiger partial charge on any atom is -0.355 e. The number of hydrogen-bond donors (Lipinski definition) is 2. The van der Waals surface area contributed by atoms with Crippen LogP contribution < -0.4 is 10.6 Å². The molecule has 1 aliphatic heterocycles. The minimum absolute atomic E-state index is 0.0690. The lowest BCUT2D eigenvalue weighted by atomic mass is 9.98. The number of amides is 1. The molecule has 0 radical (unpaired) electrons. The summed E-state index contributed by atoms with van der Waals surface area (Å²) in [7, 11) is -1.47. The van der Waals surface area contributed by atoms with Crippen LogP contribution in [0, 0.1) is 5.92 Å². The zero-order valence-electron chi connectivity index (χ0n) is 17.8. The maximum absolute atomic E-state index is 12.5. The predicted molar refractivity (Wildman–Crippen MR) is 112 cm³/mol. The van der Waals surface area contributed by atoms with Gasteiger partial charge in [-0.2, -0.15) is 0 Å². The van der Waals surface area contributed by atoms with Crippen molar-refractivity contribution in [3.63, 3.8) is 0 Å². The first-order valence-electron chi connectivity index (χ1n) is 10.0. The summed E-state index contributed by atoms with van der Waals surface area (Å²) >= 11 is 0. The molecule has 1 rings (SSSR count). The summed E-state index contributed by atoms with van der Waals surface area (Å²) in [6.45, 7) is 11.1. The minimum atomic E-state index is -3.15. The first kappa shape index (κ1) is 23.7. The first-order chi connectivity index (χ1) is 12.6. The number of likely N-dealkylation sites (tertiary alicyclic amines) is 1. The highest BCUT2D eigenvalue weighted by atomic mass is 32.2. The van der Waals surface area contributed by atoms with Crippen LogP contribution in [-0.4, -0.2) is 68.4 Å². The third-order valence-corrected chi connectivity index (χ3v) is 7.91. The highest BCUT2D eigenvalue weighted by Crippen LogP contribution is 2.17. The van der Waals surface area contributed by atoms with Crippen molar-refractivity contribution in [1.29, 1.82) is 0 Å². The zero-order chi connectivity index (χ0) is 20.7. The highest BCUT2D eigenvalue weighted by molar-refractivity contribution is 7.92. The fraction of sp³-hybridized carbons (Fsp3) is 0.895. The molecule has 0 aromatic rings. The average Bonchev–Trinajstić information content (AvgIpc) is 2.61. The van der Waals surface area contributed by atoms with Crippen molar-refractivity contribution >= 4 is 21.7 Å². The van der Waals surface area contributed by atoms with E-state index in [9.17, 15) is 13.2 Å². The van der Waals surface area contributed by atoms with E-state index >= 15 is 0 Å². The van der Waals surface area contributed by atoms with Gasteiger partial charge in [0.25, 0.3) is 0 Å². The van der Waals surface area contributed by atoms with Gasteiger partial charge in [-0.1, -0.05) is 13.8 Å². The molecule has 0 saturated carbocycles. The predicted octanol–water partition coefficient (Wildman–Crippen LogP) is 1.79. The fourth-order valence-corrected chi connectivity index (χ4v) is 4.12. The van der Waals surface area contributed by atoms with Gasteiger partial charge in [0.1, 0.15) is 0 Å². The molecule has 27 heavy (non-hydrogen) atoms. The van der Waals surface area contributed by atoms with Gasteiger partial charge in [-0.3, -0.25) is 9.79 Å². The third kappa shape index (κ3) is 6.97. The van der Waals surface area contributed by atoms with Crippen molar-refractivity contribution in [2.75, 3.05) is 32.4 Å². The quantitative estimate of drug-likeness (QED) is 0.500. The van der Waals surface area contributed by atoms with Crippen LogP contribution in [0.15, 0.2) is 4.99 Å². The molecule has 1 saturated heterocycles. The molecule has 7 nitrogen and oxygen atoms in total. The van der Waals surface area contributed by atoms with E-state index < -0.39 is 14.6 Å². The Morgan fingerprint density at radius 3 is 2.19 bits per heavy atom. The number of piperidine rings is 1. The lowest BCUT2D eigenvalue weighted by molar-refractivity contribution is -0.136. The topological polar surface area (TPSA) is 90.9 Å². The van der Waals surface area contributed by atoms with Crippen LogP contribution in [0.2, 0.25) is 0 Å². The van der Waals surface area contributed by atoms with E-state index in [1.807, 2.05) is 4.90 Å². The van der Waals surface area contributed by atoms with Crippen molar-refractivity contribution in [3.8, 4) is 0 Å². The molecule has 0 atom stereocenters. The van der Waals surface area contributed by atoms with Gasteiger partial charge in [-0.05, 0) is 46.5 Å². The number of nitrogens with zero attached hydrogens (tertiary/aromatic N) is 2. The van der Waals surface area contributed by atoms with Crippen molar-refractivity contribution in [1.82, 2.24) is 15.5 Å². The lowest BCUT2D eigenvalue weighted by Crippen LogP contribution is -2.51. The van der Waals surface area contributed by atoms with E-state index in [4.69, 9.17) is 0 Å². The zero-order valence-corrected chi connectivity index (χ0v) is 18.7. The summed E-state index contributed by atoms with van der Waals surface area (Å²) in [5, 5.41) is 6.45. The van der Waals surface area contributed by atoms with E-state index in [0.29, 0.717) is 12.5 Å². The normalized spacial score (nSPS) is 17.3. The van der Waals surface area contributed by atoms with Crippen LogP contribution >= 0.6 is 0 Å². The van der Waals surface area contributed by atoms with Crippen molar-refractivity contribution in [2.45, 2.75) is 71.1 Å². The Hall–Kier alpha value is -1.31. The number of rotatable bonds is 7. The Kier molecular flexibility index (Phi) is 9.05. The van der Waals surface area contributed by atoms with E-state index in [1.165, 1.54) is 0 Å². The summed E-state index contributed by atoms with van der Waals surface area (Å²) in [5.41, 5.74) is 0. The van der Waals surface area contributed by atoms with Gasteiger partial charge in [0.2, 0.25) is 5.91 Å². The van der Waals surface area contributed by atoms with Crippen LogP contribution in [0.4, 0.5) is 0 Å². The number of aliphatic imine (C=N–C) groups is 1. The van der Waals surface area contributed by atoms with Crippen LogP contribution in [0.1, 0.15) is 60.3 Å². The van der Waals surface area contributed by atoms with Gasteiger partial charge >= 0.3 is 0 Å². The highest BCUT2D eigenvalue weighted by Gasteiger charge is 2.29. The molecule has 0 aromatic heterocycles. The number of carbonyl (C=O) groups excluding carboxylic acids is 1. The van der Waals surface area contributed by atoms with Crippen LogP contribution in [-0.2, 0) is 14.6 Å². The maximum Gasteiger partial charge on any atom is 0.225 e. The molecule has 1 amide bonds. The smallest absolute Gasteiger partial charge is 0.225 e. The number of sulfone groups is 1. The van der Waals surface area contributed by atoms with Gasteiger partial charge in [0, 0.05) is 38.6 Å².